The molecule has 0 saturated carbocycles. The van der Waals surface area contributed by atoms with Gasteiger partial charge in [0.1, 0.15) is 0 Å². The Morgan fingerprint density at radius 1 is 1.43 bits per heavy atom. The minimum Gasteiger partial charge on any atom is -0.289 e. The first-order valence-corrected chi connectivity index (χ1v) is 4.83. The lowest BCUT2D eigenvalue weighted by Gasteiger charge is -2.15. The second-order valence-electron chi connectivity index (χ2n) is 3.80. The summed E-state index contributed by atoms with van der Waals surface area (Å²) in [6.45, 7) is 2.14. The second kappa shape index (κ2) is 2.67. The Hall–Kier alpha value is -1.64. The zero-order chi connectivity index (χ0) is 9.54. The molecule has 0 unspecified atom stereocenters. The maximum Gasteiger partial charge on any atom is 0.0653 e. The van der Waals surface area contributed by atoms with Crippen LogP contribution in [0.3, 0.4) is 0 Å². The van der Waals surface area contributed by atoms with Gasteiger partial charge in [-0.1, -0.05) is 6.07 Å². The second-order valence-corrected chi connectivity index (χ2v) is 3.80. The van der Waals surface area contributed by atoms with Crippen molar-refractivity contribution in [2.45, 2.75) is 19.4 Å². The average molecular weight is 185 g/mol. The summed E-state index contributed by atoms with van der Waals surface area (Å²) in [5.41, 5.74) is 3.72. The summed E-state index contributed by atoms with van der Waals surface area (Å²) in [4.78, 5) is 4.41. The summed E-state index contributed by atoms with van der Waals surface area (Å²) in [5, 5.41) is 8.29. The van der Waals surface area contributed by atoms with Crippen LogP contribution in [-0.4, -0.2) is 22.5 Å². The van der Waals surface area contributed by atoms with Gasteiger partial charge >= 0.3 is 0 Å². The van der Waals surface area contributed by atoms with Crippen LogP contribution in [0.5, 0.6) is 0 Å². The number of nitrogens with zero attached hydrogens (tertiary/aromatic N) is 2. The molecule has 70 valence electrons. The van der Waals surface area contributed by atoms with Crippen LogP contribution in [0.15, 0.2) is 23.3 Å². The number of aromatic amines is 1. The van der Waals surface area contributed by atoms with E-state index in [9.17, 15) is 0 Å². The number of aliphatic imine (C=N–C) groups is 1. The van der Waals surface area contributed by atoms with Gasteiger partial charge in [0.05, 0.1) is 17.8 Å². The molecule has 3 nitrogen and oxygen atoms in total. The van der Waals surface area contributed by atoms with Crippen molar-refractivity contribution in [1.29, 1.82) is 0 Å². The summed E-state index contributed by atoms with van der Waals surface area (Å²) in [5.74, 6) is 0. The van der Waals surface area contributed by atoms with Gasteiger partial charge in [-0.3, -0.25) is 10.1 Å². The lowest BCUT2D eigenvalue weighted by molar-refractivity contribution is 0.736. The number of hydrogen-bond acceptors (Lipinski definition) is 2. The van der Waals surface area contributed by atoms with Gasteiger partial charge in [-0.15, -0.1) is 0 Å². The molecule has 3 rings (SSSR count). The zero-order valence-electron chi connectivity index (χ0n) is 7.99. The van der Waals surface area contributed by atoms with E-state index in [2.05, 4.69) is 34.2 Å². The number of benzene rings is 1. The van der Waals surface area contributed by atoms with Crippen molar-refractivity contribution in [2.75, 3.05) is 0 Å². The van der Waals surface area contributed by atoms with E-state index in [4.69, 9.17) is 0 Å². The van der Waals surface area contributed by atoms with Crippen molar-refractivity contribution >= 4 is 17.1 Å². The first kappa shape index (κ1) is 7.74. The van der Waals surface area contributed by atoms with Gasteiger partial charge in [0.15, 0.2) is 0 Å². The van der Waals surface area contributed by atoms with Gasteiger partial charge in [0.25, 0.3) is 0 Å². The third-order valence-electron chi connectivity index (χ3n) is 2.74. The van der Waals surface area contributed by atoms with E-state index >= 15 is 0 Å². The smallest absolute Gasteiger partial charge is 0.0653 e. The third kappa shape index (κ3) is 0.985. The predicted molar refractivity (Wildman–Crippen MR) is 56.9 cm³/mol. The highest BCUT2D eigenvalue weighted by atomic mass is 15.1. The molecule has 1 aliphatic heterocycles. The van der Waals surface area contributed by atoms with Crippen LogP contribution in [0, 0.1) is 0 Å². The number of aromatic nitrogens is 2. The van der Waals surface area contributed by atoms with Crippen molar-refractivity contribution < 1.29 is 0 Å². The van der Waals surface area contributed by atoms with E-state index in [-0.39, 0.29) is 0 Å². The van der Waals surface area contributed by atoms with Crippen molar-refractivity contribution in [3.8, 4) is 0 Å². The summed E-state index contributed by atoms with van der Waals surface area (Å²) in [6, 6.07) is 4.55. The van der Waals surface area contributed by atoms with E-state index < -0.39 is 0 Å². The molecule has 0 fully saturated rings. The molecule has 1 aliphatic rings. The van der Waals surface area contributed by atoms with Crippen LogP contribution in [0.25, 0.3) is 10.9 Å². The van der Waals surface area contributed by atoms with Crippen LogP contribution in [-0.2, 0) is 6.42 Å². The normalized spacial score (nSPS) is 19.9. The molecule has 2 heterocycles. The van der Waals surface area contributed by atoms with Crippen LogP contribution in [0.2, 0.25) is 0 Å². The molecule has 0 amide bonds. The molecule has 1 aromatic heterocycles. The molecule has 3 heteroatoms. The molecular weight excluding hydrogens is 174 g/mol. The highest BCUT2D eigenvalue weighted by Gasteiger charge is 2.14. The molecule has 0 bridgehead atoms. The largest absolute Gasteiger partial charge is 0.289 e. The van der Waals surface area contributed by atoms with Gasteiger partial charge in [0.2, 0.25) is 0 Å². The summed E-state index contributed by atoms with van der Waals surface area (Å²) < 4.78 is 0. The molecule has 0 radical (unpaired) electrons. The van der Waals surface area contributed by atoms with Crippen LogP contribution in [0.1, 0.15) is 18.1 Å². The Bertz CT molecular complexity index is 510. The Balaban J connectivity index is 2.34. The Labute approximate surface area is 81.9 Å². The fraction of sp³-hybridized carbons (Fsp3) is 0.273. The Morgan fingerprint density at radius 2 is 2.36 bits per heavy atom. The monoisotopic (exact) mass is 185 g/mol. The zero-order valence-corrected chi connectivity index (χ0v) is 7.99. The highest BCUT2D eigenvalue weighted by Crippen LogP contribution is 2.24. The molecule has 1 atom stereocenters. The standard InChI is InChI=1S/C11H11N3/c1-7-4-9-8(5-12-7)2-3-11-10(9)6-13-14-11/h2-3,5-7H,4H2,1H3,(H,13,14)/t7-/m1/s1. The topological polar surface area (TPSA) is 41.0 Å². The predicted octanol–water partition coefficient (Wildman–Crippen LogP) is 1.93. The lowest BCUT2D eigenvalue weighted by Crippen LogP contribution is -2.11. The highest BCUT2D eigenvalue weighted by molar-refractivity contribution is 5.93. The molecule has 0 aliphatic carbocycles. The fourth-order valence-corrected chi connectivity index (χ4v) is 2.00. The van der Waals surface area contributed by atoms with E-state index in [0.717, 1.165) is 11.9 Å². The SMILES string of the molecule is C[C@@H]1Cc2c(ccc3[nH]ncc23)C=N1. The summed E-state index contributed by atoms with van der Waals surface area (Å²) in [6.07, 6.45) is 4.89. The number of H-pyrrole nitrogens is 1. The first-order chi connectivity index (χ1) is 6.84. The molecular formula is C11H11N3. The molecule has 14 heavy (non-hydrogen) atoms. The summed E-state index contributed by atoms with van der Waals surface area (Å²) >= 11 is 0. The van der Waals surface area contributed by atoms with Crippen molar-refractivity contribution in [2.24, 2.45) is 4.99 Å². The van der Waals surface area contributed by atoms with Crippen LogP contribution >= 0.6 is 0 Å². The number of nitrogens with one attached hydrogen (secondary N) is 1. The van der Waals surface area contributed by atoms with Gasteiger partial charge in [-0.25, -0.2) is 0 Å². The Kier molecular flexibility index (Phi) is 1.48. The number of hydrogen-bond donors (Lipinski definition) is 1. The molecule has 2 aromatic rings. The first-order valence-electron chi connectivity index (χ1n) is 4.83. The van der Waals surface area contributed by atoms with Gasteiger partial charge in [-0.05, 0) is 30.5 Å². The van der Waals surface area contributed by atoms with Crippen molar-refractivity contribution in [3.05, 3.63) is 29.5 Å². The van der Waals surface area contributed by atoms with Gasteiger partial charge in [0, 0.05) is 11.6 Å². The van der Waals surface area contributed by atoms with E-state index in [1.54, 1.807) is 0 Å². The van der Waals surface area contributed by atoms with Crippen molar-refractivity contribution in [1.82, 2.24) is 10.2 Å². The summed E-state index contributed by atoms with van der Waals surface area (Å²) in [7, 11) is 0. The Morgan fingerprint density at radius 3 is 3.29 bits per heavy atom. The molecule has 0 saturated heterocycles. The van der Waals surface area contributed by atoms with Crippen LogP contribution < -0.4 is 0 Å². The van der Waals surface area contributed by atoms with Crippen molar-refractivity contribution in [3.63, 3.8) is 0 Å². The number of rotatable bonds is 0. The quantitative estimate of drug-likeness (QED) is 0.669. The lowest BCUT2D eigenvalue weighted by atomic mass is 9.96. The minimum atomic E-state index is 0.392. The van der Waals surface area contributed by atoms with E-state index in [0.29, 0.717) is 6.04 Å². The average Bonchev–Trinajstić information content (AvgIpc) is 2.65. The maximum atomic E-state index is 4.41. The number of fused-ring (bicyclic) bond motifs is 3. The maximum absolute atomic E-state index is 4.41. The third-order valence-corrected chi connectivity index (χ3v) is 2.74. The van der Waals surface area contributed by atoms with Crippen LogP contribution in [0.4, 0.5) is 0 Å². The van der Waals surface area contributed by atoms with E-state index in [1.165, 1.54) is 16.5 Å². The molecule has 0 spiro atoms. The molecule has 1 N–H and O–H groups in total. The van der Waals surface area contributed by atoms with Gasteiger partial charge < -0.3 is 0 Å². The fourth-order valence-electron chi connectivity index (χ4n) is 2.00. The van der Waals surface area contributed by atoms with Gasteiger partial charge in [-0.2, -0.15) is 5.10 Å². The molecule has 1 aromatic carbocycles. The van der Waals surface area contributed by atoms with E-state index in [1.807, 2.05) is 12.4 Å². The minimum absolute atomic E-state index is 0.392.